The predicted octanol–water partition coefficient (Wildman–Crippen LogP) is 14.7. The van der Waals surface area contributed by atoms with Gasteiger partial charge in [-0.15, -0.1) is 0 Å². The van der Waals surface area contributed by atoms with Gasteiger partial charge in [0, 0.05) is 0 Å². The van der Waals surface area contributed by atoms with Crippen LogP contribution in [0.2, 0.25) is 0 Å². The van der Waals surface area contributed by atoms with Crippen LogP contribution < -0.4 is 5.32 Å². The van der Waals surface area contributed by atoms with E-state index in [0.717, 1.165) is 0 Å². The van der Waals surface area contributed by atoms with Crippen LogP contribution in [0, 0.1) is 0 Å². The van der Waals surface area contributed by atoms with Crippen LogP contribution in [0.5, 0.6) is 0 Å². The zero-order valence-corrected chi connectivity index (χ0v) is 30.0. The molecule has 1 aliphatic rings. The smallest absolute Gasteiger partial charge is 0.317 e. The summed E-state index contributed by atoms with van der Waals surface area (Å²) in [6, 6.07) is 0. The number of nitrogens with one attached hydrogen (secondary N) is 1. The third-order valence-electron chi connectivity index (χ3n) is 9.41. The zero-order chi connectivity index (χ0) is 33.3. The number of hydrogen-bond acceptors (Lipinski definition) is 1. The first-order valence-electron chi connectivity index (χ1n) is 19.9. The molecule has 0 saturated heterocycles. The second-order valence-electron chi connectivity index (χ2n) is 14.0. The van der Waals surface area contributed by atoms with Crippen molar-refractivity contribution in [1.82, 2.24) is 5.32 Å². The van der Waals surface area contributed by atoms with Crippen molar-refractivity contribution in [2.75, 3.05) is 13.1 Å². The molecule has 0 aromatic heterocycles. The number of halogens is 5. The summed E-state index contributed by atoms with van der Waals surface area (Å²) in [5, 5.41) is 3.68. The zero-order valence-electron chi connectivity index (χ0n) is 30.0. The first-order valence-corrected chi connectivity index (χ1v) is 19.9. The van der Waals surface area contributed by atoms with Crippen LogP contribution in [0.1, 0.15) is 219 Å². The summed E-state index contributed by atoms with van der Waals surface area (Å²) in [4.78, 5) is 0. The maximum Gasteiger partial charge on any atom is 0.350 e. The highest BCUT2D eigenvalue weighted by molar-refractivity contribution is 5.15. The Bertz CT molecular complexity index is 538. The Kier molecular flexibility index (Phi) is 31.9. The van der Waals surface area contributed by atoms with Gasteiger partial charge in [0.1, 0.15) is 0 Å². The molecule has 0 bridgehead atoms. The van der Waals surface area contributed by atoms with Gasteiger partial charge in [0.2, 0.25) is 6.17 Å². The maximum absolute atomic E-state index is 11.2. The molecule has 0 spiro atoms. The lowest BCUT2D eigenvalue weighted by molar-refractivity contribution is -0.0278. The minimum atomic E-state index is -4.40. The summed E-state index contributed by atoms with van der Waals surface area (Å²) < 4.78 is 55.9. The SMILES string of the molecule is CCCCCCCCCCCCCCCCCCNCCCCCCCCCCCCCCCCCC.FC1C(F)(F)C1(F)F. The van der Waals surface area contributed by atoms with E-state index in [4.69, 9.17) is 0 Å². The Morgan fingerprint density at radius 3 is 0.644 bits per heavy atom. The van der Waals surface area contributed by atoms with Crippen molar-refractivity contribution in [2.45, 2.75) is 237 Å². The number of alkyl halides is 5. The van der Waals surface area contributed by atoms with Gasteiger partial charge in [-0.2, -0.15) is 17.6 Å². The van der Waals surface area contributed by atoms with Gasteiger partial charge in [0.05, 0.1) is 0 Å². The van der Waals surface area contributed by atoms with Gasteiger partial charge in [0.15, 0.2) is 0 Å². The van der Waals surface area contributed by atoms with E-state index in [1.807, 2.05) is 0 Å². The molecule has 272 valence electrons. The van der Waals surface area contributed by atoms with E-state index in [1.54, 1.807) is 0 Å². The molecule has 1 nitrogen and oxygen atoms in total. The van der Waals surface area contributed by atoms with E-state index >= 15 is 0 Å². The van der Waals surface area contributed by atoms with Crippen LogP contribution in [0.25, 0.3) is 0 Å². The first kappa shape index (κ1) is 44.6. The van der Waals surface area contributed by atoms with Gasteiger partial charge in [-0.05, 0) is 25.9 Å². The Labute approximate surface area is 277 Å². The maximum atomic E-state index is 11.2. The average molecular weight is 654 g/mol. The van der Waals surface area contributed by atoms with Gasteiger partial charge in [0.25, 0.3) is 0 Å². The largest absolute Gasteiger partial charge is 0.350 e. The van der Waals surface area contributed by atoms with Crippen LogP contribution in [-0.2, 0) is 0 Å². The van der Waals surface area contributed by atoms with Gasteiger partial charge < -0.3 is 5.32 Å². The molecule has 1 fully saturated rings. The minimum Gasteiger partial charge on any atom is -0.317 e. The van der Waals surface area contributed by atoms with Gasteiger partial charge in [-0.25, -0.2) is 4.39 Å². The molecule has 0 amide bonds. The normalized spacial score (nSPS) is 15.3. The molecule has 0 aromatic rings. The van der Waals surface area contributed by atoms with Crippen molar-refractivity contribution >= 4 is 0 Å². The standard InChI is InChI=1S/C36H75N.C3HF5/c1-3-5-7-9-11-13-15-17-19-21-23-25-27-29-31-33-35-37-36-34-32-30-28-26-24-22-20-18-16-14-12-10-8-6-4-2;4-1-2(5,6)3(1,7)8/h37H,3-36H2,1-2H3;1H. The van der Waals surface area contributed by atoms with Crippen LogP contribution in [0.15, 0.2) is 0 Å². The van der Waals surface area contributed by atoms with E-state index in [-0.39, 0.29) is 0 Å². The summed E-state index contributed by atoms with van der Waals surface area (Å²) >= 11 is 0. The highest BCUT2D eigenvalue weighted by atomic mass is 19.3. The van der Waals surface area contributed by atoms with E-state index in [2.05, 4.69) is 19.2 Å². The summed E-state index contributed by atoms with van der Waals surface area (Å²) in [6.45, 7) is 7.11. The van der Waals surface area contributed by atoms with Crippen molar-refractivity contribution < 1.29 is 22.0 Å². The van der Waals surface area contributed by atoms with Crippen LogP contribution in [-0.4, -0.2) is 31.1 Å². The van der Waals surface area contributed by atoms with E-state index in [9.17, 15) is 22.0 Å². The van der Waals surface area contributed by atoms with E-state index < -0.39 is 18.0 Å². The van der Waals surface area contributed by atoms with Crippen LogP contribution in [0.4, 0.5) is 22.0 Å². The molecule has 6 heteroatoms. The molecule has 0 aliphatic heterocycles. The lowest BCUT2D eigenvalue weighted by Crippen LogP contribution is -2.16. The number of unbranched alkanes of at least 4 members (excludes halogenated alkanes) is 30. The lowest BCUT2D eigenvalue weighted by Gasteiger charge is -2.06. The topological polar surface area (TPSA) is 12.0 Å². The van der Waals surface area contributed by atoms with Crippen LogP contribution >= 0.6 is 0 Å². The number of rotatable bonds is 34. The monoisotopic (exact) mass is 654 g/mol. The first-order chi connectivity index (χ1) is 21.8. The number of hydrogen-bond donors (Lipinski definition) is 1. The van der Waals surface area contributed by atoms with Gasteiger partial charge >= 0.3 is 11.8 Å². The molecule has 1 saturated carbocycles. The molecule has 1 N–H and O–H groups in total. The quantitative estimate of drug-likeness (QED) is 0.0538. The summed E-state index contributed by atoms with van der Waals surface area (Å²) in [5.41, 5.74) is 0. The van der Waals surface area contributed by atoms with Crippen molar-refractivity contribution in [2.24, 2.45) is 0 Å². The van der Waals surface area contributed by atoms with E-state index in [1.165, 1.54) is 219 Å². The van der Waals surface area contributed by atoms with E-state index in [0.29, 0.717) is 0 Å². The second kappa shape index (κ2) is 32.2. The molecule has 0 atom stereocenters. The molecular weight excluding hydrogens is 577 g/mol. The minimum absolute atomic E-state index is 1.25. The van der Waals surface area contributed by atoms with Crippen molar-refractivity contribution in [3.8, 4) is 0 Å². The molecule has 0 unspecified atom stereocenters. The average Bonchev–Trinajstić information content (AvgIpc) is 3.39. The lowest BCUT2D eigenvalue weighted by atomic mass is 10.0. The third-order valence-corrected chi connectivity index (χ3v) is 9.41. The highest BCUT2D eigenvalue weighted by Gasteiger charge is 2.87. The molecule has 0 aromatic carbocycles. The Hall–Kier alpha value is -0.390. The third kappa shape index (κ3) is 27.3. The fraction of sp³-hybridized carbons (Fsp3) is 1.00. The summed E-state index contributed by atoms with van der Waals surface area (Å²) in [7, 11) is 0. The Morgan fingerprint density at radius 1 is 0.333 bits per heavy atom. The second-order valence-corrected chi connectivity index (χ2v) is 14.0. The Morgan fingerprint density at radius 2 is 0.489 bits per heavy atom. The molecule has 1 rings (SSSR count). The van der Waals surface area contributed by atoms with Crippen LogP contribution in [0.3, 0.4) is 0 Å². The summed E-state index contributed by atoms with van der Waals surface area (Å²) in [6.07, 6.45) is 43.5. The molecular formula is C39H76F5N. The van der Waals surface area contributed by atoms with Crippen molar-refractivity contribution in [3.63, 3.8) is 0 Å². The van der Waals surface area contributed by atoms with Crippen molar-refractivity contribution in [3.05, 3.63) is 0 Å². The van der Waals surface area contributed by atoms with Gasteiger partial charge in [-0.3, -0.25) is 0 Å². The van der Waals surface area contributed by atoms with Gasteiger partial charge in [-0.1, -0.05) is 206 Å². The predicted molar refractivity (Wildman–Crippen MR) is 187 cm³/mol. The molecule has 1 aliphatic carbocycles. The fourth-order valence-electron chi connectivity index (χ4n) is 6.03. The Balaban J connectivity index is 0.00000208. The molecule has 0 heterocycles. The fourth-order valence-corrected chi connectivity index (χ4v) is 6.03. The highest BCUT2D eigenvalue weighted by Crippen LogP contribution is 2.59. The molecule has 45 heavy (non-hydrogen) atoms. The van der Waals surface area contributed by atoms with Crippen molar-refractivity contribution in [1.29, 1.82) is 0 Å². The summed E-state index contributed by atoms with van der Waals surface area (Å²) in [5.74, 6) is -8.79. The molecule has 0 radical (unpaired) electrons.